The number of hydrogen-bond donors (Lipinski definition) is 0. The standard InChI is InChI=1S/C16H15ClF2/c1-10-7-13(8-11(2)16(10)19)15(17)9-12-3-5-14(18)6-4-12/h3-8,15H,9H2,1-2H3. The summed E-state index contributed by atoms with van der Waals surface area (Å²) in [6.45, 7) is 3.46. The van der Waals surface area contributed by atoms with Crippen LogP contribution in [0, 0.1) is 25.5 Å². The average molecular weight is 281 g/mol. The molecule has 2 aromatic carbocycles. The molecule has 0 aromatic heterocycles. The fraction of sp³-hybridized carbons (Fsp3) is 0.250. The molecule has 19 heavy (non-hydrogen) atoms. The van der Waals surface area contributed by atoms with Crippen molar-refractivity contribution in [3.05, 3.63) is 70.3 Å². The molecule has 0 heterocycles. The Morgan fingerprint density at radius 3 is 2.05 bits per heavy atom. The van der Waals surface area contributed by atoms with Gasteiger partial charge >= 0.3 is 0 Å². The van der Waals surface area contributed by atoms with Gasteiger partial charge in [-0.3, -0.25) is 0 Å². The number of hydrogen-bond acceptors (Lipinski definition) is 0. The molecular weight excluding hydrogens is 266 g/mol. The summed E-state index contributed by atoms with van der Waals surface area (Å²) in [4.78, 5) is 0. The third-order valence-corrected chi connectivity index (χ3v) is 3.55. The van der Waals surface area contributed by atoms with Crippen LogP contribution in [0.4, 0.5) is 8.78 Å². The van der Waals surface area contributed by atoms with E-state index in [0.717, 1.165) is 11.1 Å². The number of aryl methyl sites for hydroxylation is 2. The highest BCUT2D eigenvalue weighted by Gasteiger charge is 2.12. The Morgan fingerprint density at radius 2 is 1.53 bits per heavy atom. The predicted octanol–water partition coefficient (Wildman–Crippen LogP) is 5.10. The number of halogens is 3. The zero-order valence-electron chi connectivity index (χ0n) is 10.9. The Kier molecular flexibility index (Phi) is 4.20. The van der Waals surface area contributed by atoms with Gasteiger partial charge in [-0.15, -0.1) is 11.6 Å². The minimum absolute atomic E-state index is 0.186. The lowest BCUT2D eigenvalue weighted by atomic mass is 10.00. The van der Waals surface area contributed by atoms with Gasteiger partial charge < -0.3 is 0 Å². The summed E-state index contributed by atoms with van der Waals surface area (Å²) in [6, 6.07) is 9.80. The molecule has 0 saturated carbocycles. The number of alkyl halides is 1. The molecule has 0 aliphatic carbocycles. The van der Waals surface area contributed by atoms with Gasteiger partial charge in [0.2, 0.25) is 0 Å². The topological polar surface area (TPSA) is 0 Å². The van der Waals surface area contributed by atoms with Gasteiger partial charge in [0.05, 0.1) is 5.38 Å². The van der Waals surface area contributed by atoms with Crippen molar-refractivity contribution in [2.45, 2.75) is 25.6 Å². The van der Waals surface area contributed by atoms with Gasteiger partial charge in [0, 0.05) is 0 Å². The number of benzene rings is 2. The molecule has 0 fully saturated rings. The first-order chi connectivity index (χ1) is 8.97. The third kappa shape index (κ3) is 3.32. The quantitative estimate of drug-likeness (QED) is 0.686. The highest BCUT2D eigenvalue weighted by molar-refractivity contribution is 6.20. The maximum Gasteiger partial charge on any atom is 0.129 e. The Bertz CT molecular complexity index is 553. The molecule has 0 radical (unpaired) electrons. The second-order valence-corrected chi connectivity index (χ2v) is 5.29. The van der Waals surface area contributed by atoms with E-state index in [2.05, 4.69) is 0 Å². The maximum absolute atomic E-state index is 13.6. The van der Waals surface area contributed by atoms with Crippen LogP contribution in [0.5, 0.6) is 0 Å². The highest BCUT2D eigenvalue weighted by atomic mass is 35.5. The van der Waals surface area contributed by atoms with E-state index in [0.29, 0.717) is 17.5 Å². The summed E-state index contributed by atoms with van der Waals surface area (Å²) in [6.07, 6.45) is 0.590. The van der Waals surface area contributed by atoms with E-state index in [9.17, 15) is 8.78 Å². The molecule has 0 aliphatic rings. The molecule has 100 valence electrons. The van der Waals surface area contributed by atoms with Crippen LogP contribution in [0.15, 0.2) is 36.4 Å². The normalized spacial score (nSPS) is 12.5. The van der Waals surface area contributed by atoms with Crippen LogP contribution in [0.2, 0.25) is 0 Å². The minimum atomic E-state index is -0.261. The van der Waals surface area contributed by atoms with Crippen molar-refractivity contribution in [1.82, 2.24) is 0 Å². The van der Waals surface area contributed by atoms with E-state index in [4.69, 9.17) is 11.6 Å². The van der Waals surface area contributed by atoms with Crippen molar-refractivity contribution in [3.8, 4) is 0 Å². The Hall–Kier alpha value is -1.41. The van der Waals surface area contributed by atoms with Crippen molar-refractivity contribution < 1.29 is 8.78 Å². The molecule has 2 aromatic rings. The van der Waals surface area contributed by atoms with E-state index in [1.807, 2.05) is 0 Å². The van der Waals surface area contributed by atoms with Crippen LogP contribution in [0.3, 0.4) is 0 Å². The van der Waals surface area contributed by atoms with Crippen molar-refractivity contribution in [3.63, 3.8) is 0 Å². The van der Waals surface area contributed by atoms with Gasteiger partial charge in [0.25, 0.3) is 0 Å². The summed E-state index contributed by atoms with van der Waals surface area (Å²) < 4.78 is 26.4. The lowest BCUT2D eigenvalue weighted by Crippen LogP contribution is -1.99. The molecule has 1 unspecified atom stereocenters. The average Bonchev–Trinajstić information content (AvgIpc) is 2.38. The van der Waals surface area contributed by atoms with Crippen LogP contribution < -0.4 is 0 Å². The van der Waals surface area contributed by atoms with Gasteiger partial charge in [-0.1, -0.05) is 24.3 Å². The maximum atomic E-state index is 13.6. The second-order valence-electron chi connectivity index (χ2n) is 4.77. The summed E-state index contributed by atoms with van der Waals surface area (Å²) in [5.74, 6) is -0.447. The van der Waals surface area contributed by atoms with Crippen molar-refractivity contribution in [1.29, 1.82) is 0 Å². The van der Waals surface area contributed by atoms with Crippen molar-refractivity contribution in [2.24, 2.45) is 0 Å². The van der Waals surface area contributed by atoms with Crippen LogP contribution in [-0.4, -0.2) is 0 Å². The molecule has 0 spiro atoms. The van der Waals surface area contributed by atoms with E-state index in [-0.39, 0.29) is 17.0 Å². The van der Waals surface area contributed by atoms with Gasteiger partial charge in [0.1, 0.15) is 11.6 Å². The first kappa shape index (κ1) is 14.0. The summed E-state index contributed by atoms with van der Waals surface area (Å²) in [7, 11) is 0. The van der Waals surface area contributed by atoms with Crippen LogP contribution >= 0.6 is 11.6 Å². The first-order valence-corrected chi connectivity index (χ1v) is 6.56. The Labute approximate surface area is 117 Å². The third-order valence-electron chi connectivity index (χ3n) is 3.15. The summed E-state index contributed by atoms with van der Waals surface area (Å²) >= 11 is 6.36. The van der Waals surface area contributed by atoms with Crippen molar-refractivity contribution in [2.75, 3.05) is 0 Å². The Morgan fingerprint density at radius 1 is 1.00 bits per heavy atom. The zero-order chi connectivity index (χ0) is 14.0. The monoisotopic (exact) mass is 280 g/mol. The zero-order valence-corrected chi connectivity index (χ0v) is 11.6. The molecule has 0 amide bonds. The SMILES string of the molecule is Cc1cc(C(Cl)Cc2ccc(F)cc2)cc(C)c1F. The summed E-state index contributed by atoms with van der Waals surface area (Å²) in [5.41, 5.74) is 3.04. The van der Waals surface area contributed by atoms with Gasteiger partial charge in [-0.05, 0) is 54.7 Å². The highest BCUT2D eigenvalue weighted by Crippen LogP contribution is 2.28. The van der Waals surface area contributed by atoms with Crippen LogP contribution in [-0.2, 0) is 6.42 Å². The molecule has 0 aliphatic heterocycles. The second kappa shape index (κ2) is 5.70. The van der Waals surface area contributed by atoms with Crippen molar-refractivity contribution >= 4 is 11.6 Å². The predicted molar refractivity (Wildman–Crippen MR) is 74.6 cm³/mol. The van der Waals surface area contributed by atoms with Gasteiger partial charge in [-0.25, -0.2) is 8.78 Å². The molecular formula is C16H15ClF2. The Balaban J connectivity index is 2.20. The lowest BCUT2D eigenvalue weighted by Gasteiger charge is -2.13. The van der Waals surface area contributed by atoms with E-state index in [1.54, 1.807) is 38.1 Å². The van der Waals surface area contributed by atoms with E-state index in [1.165, 1.54) is 12.1 Å². The van der Waals surface area contributed by atoms with Gasteiger partial charge in [-0.2, -0.15) is 0 Å². The first-order valence-electron chi connectivity index (χ1n) is 6.12. The molecule has 0 nitrogen and oxygen atoms in total. The largest absolute Gasteiger partial charge is 0.207 e. The summed E-state index contributed by atoms with van der Waals surface area (Å²) in [5, 5.41) is -0.247. The molecule has 1 atom stereocenters. The van der Waals surface area contributed by atoms with Crippen LogP contribution in [0.1, 0.15) is 27.6 Å². The smallest absolute Gasteiger partial charge is 0.129 e. The molecule has 3 heteroatoms. The molecule has 0 bridgehead atoms. The fourth-order valence-corrected chi connectivity index (χ4v) is 2.41. The van der Waals surface area contributed by atoms with Crippen LogP contribution in [0.25, 0.3) is 0 Å². The lowest BCUT2D eigenvalue weighted by molar-refractivity contribution is 0.607. The van der Waals surface area contributed by atoms with Gasteiger partial charge in [0.15, 0.2) is 0 Å². The fourth-order valence-electron chi connectivity index (χ4n) is 2.11. The molecule has 0 N–H and O–H groups in total. The van der Waals surface area contributed by atoms with E-state index >= 15 is 0 Å². The van der Waals surface area contributed by atoms with E-state index < -0.39 is 0 Å². The minimum Gasteiger partial charge on any atom is -0.207 e. The number of rotatable bonds is 3. The molecule has 0 saturated heterocycles. The molecule has 2 rings (SSSR count).